The van der Waals surface area contributed by atoms with Crippen molar-refractivity contribution in [3.8, 4) is 0 Å². The highest BCUT2D eigenvalue weighted by Gasteiger charge is 2.19. The number of carbonyl (C=O) groups excluding carboxylic acids is 1. The van der Waals surface area contributed by atoms with Gasteiger partial charge in [-0.1, -0.05) is 0 Å². The Balaban J connectivity index is 2.17. The average molecular weight is 275 g/mol. The van der Waals surface area contributed by atoms with Crippen LogP contribution in [0.1, 0.15) is 31.3 Å². The van der Waals surface area contributed by atoms with Crippen LogP contribution in [0.4, 0.5) is 5.69 Å². The van der Waals surface area contributed by atoms with E-state index in [1.165, 1.54) is 24.3 Å². The summed E-state index contributed by atoms with van der Waals surface area (Å²) >= 11 is 0. The molecule has 20 heavy (non-hydrogen) atoms. The summed E-state index contributed by atoms with van der Waals surface area (Å²) in [6.07, 6.45) is 1.10. The van der Waals surface area contributed by atoms with Crippen LogP contribution in [0.2, 0.25) is 0 Å². The van der Waals surface area contributed by atoms with Gasteiger partial charge < -0.3 is 20.5 Å². The minimum Gasteiger partial charge on any atom is -0.478 e. The van der Waals surface area contributed by atoms with Gasteiger partial charge in [-0.05, 0) is 24.3 Å². The molecule has 1 heterocycles. The lowest BCUT2D eigenvalue weighted by molar-refractivity contribution is 0.0680. The Morgan fingerprint density at radius 1 is 1.05 bits per heavy atom. The minimum absolute atomic E-state index is 0.0778. The second kappa shape index (κ2) is 5.22. The number of nitrogens with one attached hydrogen (secondary N) is 2. The van der Waals surface area contributed by atoms with Crippen LogP contribution in [-0.2, 0) is 0 Å². The summed E-state index contributed by atoms with van der Waals surface area (Å²) < 4.78 is 0. The van der Waals surface area contributed by atoms with Gasteiger partial charge in [0.1, 0.15) is 0 Å². The largest absolute Gasteiger partial charge is 0.478 e. The maximum absolute atomic E-state index is 11.8. The van der Waals surface area contributed by atoms with E-state index in [4.69, 9.17) is 10.2 Å². The topological polar surface area (TPSA) is 132 Å². The van der Waals surface area contributed by atoms with Crippen LogP contribution in [0.5, 0.6) is 0 Å². The van der Waals surface area contributed by atoms with Crippen molar-refractivity contribution in [1.82, 2.24) is 9.97 Å². The summed E-state index contributed by atoms with van der Waals surface area (Å²) in [6, 6.07) is 5.43. The molecule has 0 aliphatic heterocycles. The number of rotatable bonds is 4. The van der Waals surface area contributed by atoms with E-state index < -0.39 is 17.8 Å². The van der Waals surface area contributed by atoms with Crippen molar-refractivity contribution in [3.05, 3.63) is 47.5 Å². The van der Waals surface area contributed by atoms with Gasteiger partial charge in [0, 0.05) is 5.69 Å². The first-order valence-electron chi connectivity index (χ1n) is 5.40. The summed E-state index contributed by atoms with van der Waals surface area (Å²) in [4.78, 5) is 39.3. The SMILES string of the molecule is O=C(O)c1ccc(NC(=O)c2nc[nH]c2C(=O)O)cc1. The number of benzene rings is 1. The summed E-state index contributed by atoms with van der Waals surface area (Å²) in [5, 5.41) is 20.0. The highest BCUT2D eigenvalue weighted by molar-refractivity contribution is 6.08. The molecule has 1 aromatic heterocycles. The van der Waals surface area contributed by atoms with E-state index >= 15 is 0 Å². The van der Waals surface area contributed by atoms with Gasteiger partial charge in [-0.3, -0.25) is 4.79 Å². The van der Waals surface area contributed by atoms with Crippen LogP contribution in [0.15, 0.2) is 30.6 Å². The number of carboxylic acids is 2. The highest BCUT2D eigenvalue weighted by Crippen LogP contribution is 2.12. The third-order valence-corrected chi connectivity index (χ3v) is 2.46. The molecule has 4 N–H and O–H groups in total. The number of hydrogen-bond acceptors (Lipinski definition) is 4. The number of aromatic nitrogens is 2. The second-order valence-electron chi connectivity index (χ2n) is 3.77. The maximum atomic E-state index is 11.8. The molecule has 1 aromatic carbocycles. The van der Waals surface area contributed by atoms with Crippen LogP contribution in [0, 0.1) is 0 Å². The zero-order valence-corrected chi connectivity index (χ0v) is 9.95. The summed E-state index contributed by atoms with van der Waals surface area (Å²) in [5.74, 6) is -3.08. The van der Waals surface area contributed by atoms with E-state index in [0.717, 1.165) is 6.33 Å². The van der Waals surface area contributed by atoms with E-state index in [1.807, 2.05) is 0 Å². The normalized spacial score (nSPS) is 10.0. The molecular weight excluding hydrogens is 266 g/mol. The van der Waals surface area contributed by atoms with Crippen molar-refractivity contribution in [2.45, 2.75) is 0 Å². The molecule has 0 bridgehead atoms. The lowest BCUT2D eigenvalue weighted by Crippen LogP contribution is -2.16. The number of carbonyl (C=O) groups is 3. The van der Waals surface area contributed by atoms with Crippen molar-refractivity contribution in [2.24, 2.45) is 0 Å². The minimum atomic E-state index is -1.30. The quantitative estimate of drug-likeness (QED) is 0.659. The van der Waals surface area contributed by atoms with Crippen molar-refractivity contribution >= 4 is 23.5 Å². The monoisotopic (exact) mass is 275 g/mol. The number of aromatic amines is 1. The Morgan fingerprint density at radius 2 is 1.70 bits per heavy atom. The van der Waals surface area contributed by atoms with Gasteiger partial charge in [0.25, 0.3) is 5.91 Å². The van der Waals surface area contributed by atoms with Crippen LogP contribution < -0.4 is 5.32 Å². The van der Waals surface area contributed by atoms with E-state index in [0.29, 0.717) is 5.69 Å². The predicted molar refractivity (Wildman–Crippen MR) is 66.9 cm³/mol. The fourth-order valence-corrected chi connectivity index (χ4v) is 1.52. The molecule has 0 fully saturated rings. The molecule has 0 aliphatic carbocycles. The number of amides is 1. The van der Waals surface area contributed by atoms with Gasteiger partial charge in [0.15, 0.2) is 11.4 Å². The molecule has 0 saturated heterocycles. The number of aromatic carboxylic acids is 2. The summed E-state index contributed by atoms with van der Waals surface area (Å²) in [5.41, 5.74) is -0.155. The zero-order chi connectivity index (χ0) is 14.7. The number of carboxylic acid groups (broad SMARTS) is 2. The molecule has 0 aliphatic rings. The Bertz CT molecular complexity index is 675. The molecule has 102 valence electrons. The van der Waals surface area contributed by atoms with Gasteiger partial charge in [0.05, 0.1) is 11.9 Å². The summed E-state index contributed by atoms with van der Waals surface area (Å²) in [6.45, 7) is 0. The van der Waals surface area contributed by atoms with Crippen molar-refractivity contribution in [3.63, 3.8) is 0 Å². The average Bonchev–Trinajstić information content (AvgIpc) is 2.88. The van der Waals surface area contributed by atoms with Crippen molar-refractivity contribution < 1.29 is 24.6 Å². The third kappa shape index (κ3) is 2.64. The Hall–Kier alpha value is -3.16. The molecule has 2 rings (SSSR count). The maximum Gasteiger partial charge on any atom is 0.354 e. The number of H-pyrrole nitrogens is 1. The fraction of sp³-hybridized carbons (Fsp3) is 0. The van der Waals surface area contributed by atoms with E-state index in [-0.39, 0.29) is 17.0 Å². The van der Waals surface area contributed by atoms with E-state index in [2.05, 4.69) is 15.3 Å². The molecule has 0 unspecified atom stereocenters. The first kappa shape index (κ1) is 13.3. The molecule has 1 amide bonds. The molecule has 0 atom stereocenters. The van der Waals surface area contributed by atoms with E-state index in [9.17, 15) is 14.4 Å². The first-order valence-corrected chi connectivity index (χ1v) is 5.40. The van der Waals surface area contributed by atoms with Crippen molar-refractivity contribution in [1.29, 1.82) is 0 Å². The Morgan fingerprint density at radius 3 is 2.25 bits per heavy atom. The number of anilines is 1. The molecular formula is C12H9N3O5. The zero-order valence-electron chi connectivity index (χ0n) is 9.95. The predicted octanol–water partition coefficient (Wildman–Crippen LogP) is 1.06. The Labute approximate surface area is 112 Å². The van der Waals surface area contributed by atoms with Crippen LogP contribution >= 0.6 is 0 Å². The molecule has 0 spiro atoms. The first-order chi connectivity index (χ1) is 9.49. The van der Waals surface area contributed by atoms with Crippen molar-refractivity contribution in [2.75, 3.05) is 5.32 Å². The standard InChI is InChI=1S/C12H9N3O5/c16-10(8-9(12(19)20)14-5-13-8)15-7-3-1-6(2-4-7)11(17)18/h1-5H,(H,13,14)(H,15,16)(H,17,18)(H,19,20). The van der Waals surface area contributed by atoms with Gasteiger partial charge in [-0.25, -0.2) is 14.6 Å². The van der Waals surface area contributed by atoms with Crippen LogP contribution in [0.25, 0.3) is 0 Å². The molecule has 8 heteroatoms. The number of imidazole rings is 1. The highest BCUT2D eigenvalue weighted by atomic mass is 16.4. The van der Waals surface area contributed by atoms with Gasteiger partial charge in [0.2, 0.25) is 0 Å². The smallest absolute Gasteiger partial charge is 0.354 e. The lowest BCUT2D eigenvalue weighted by Gasteiger charge is -2.04. The number of hydrogen-bond donors (Lipinski definition) is 4. The molecule has 8 nitrogen and oxygen atoms in total. The molecule has 2 aromatic rings. The Kier molecular flexibility index (Phi) is 3.47. The fourth-order valence-electron chi connectivity index (χ4n) is 1.52. The lowest BCUT2D eigenvalue weighted by atomic mass is 10.2. The van der Waals surface area contributed by atoms with Gasteiger partial charge in [-0.2, -0.15) is 0 Å². The van der Waals surface area contributed by atoms with E-state index in [1.54, 1.807) is 0 Å². The molecule has 0 saturated carbocycles. The van der Waals surface area contributed by atoms with Crippen LogP contribution in [-0.4, -0.2) is 38.0 Å². The summed E-state index contributed by atoms with van der Waals surface area (Å²) in [7, 11) is 0. The number of nitrogens with zero attached hydrogens (tertiary/aromatic N) is 1. The molecule has 0 radical (unpaired) electrons. The van der Waals surface area contributed by atoms with Gasteiger partial charge in [-0.15, -0.1) is 0 Å². The third-order valence-electron chi connectivity index (χ3n) is 2.46. The second-order valence-corrected chi connectivity index (χ2v) is 3.77. The van der Waals surface area contributed by atoms with Gasteiger partial charge >= 0.3 is 11.9 Å². The van der Waals surface area contributed by atoms with Crippen LogP contribution in [0.3, 0.4) is 0 Å².